The van der Waals surface area contributed by atoms with Gasteiger partial charge in [0.05, 0.1) is 5.56 Å². The van der Waals surface area contributed by atoms with Crippen LogP contribution in [0.5, 0.6) is 5.75 Å². The van der Waals surface area contributed by atoms with E-state index in [0.717, 1.165) is 18.2 Å². The van der Waals surface area contributed by atoms with Gasteiger partial charge in [-0.25, -0.2) is 4.79 Å². The van der Waals surface area contributed by atoms with E-state index in [-0.39, 0.29) is 24.4 Å². The zero-order chi connectivity index (χ0) is 22.7. The molecule has 0 aliphatic heterocycles. The number of carbonyl (C=O) groups excluding carboxylic acids is 1. The number of alkyl halides is 3. The first-order valence-electron chi connectivity index (χ1n) is 9.00. The standard InChI is InChI=1S/C20H23F3N2O4S/c1-14(2)25(19(26)24(3)4)13-15-7-5-9-17(11-15)29-30(27,28)18-10-6-8-16(12-18)20(21,22)23/h5-12,14H,13H2,1-4H3. The van der Waals surface area contributed by atoms with E-state index in [1.54, 1.807) is 31.1 Å². The molecule has 0 fully saturated rings. The second-order valence-electron chi connectivity index (χ2n) is 7.11. The lowest BCUT2D eigenvalue weighted by molar-refractivity contribution is -0.137. The molecular formula is C20H23F3N2O4S. The van der Waals surface area contributed by atoms with Gasteiger partial charge in [0.25, 0.3) is 0 Å². The van der Waals surface area contributed by atoms with E-state index in [2.05, 4.69) is 0 Å². The highest BCUT2D eigenvalue weighted by Gasteiger charge is 2.32. The Hall–Kier alpha value is -2.75. The van der Waals surface area contributed by atoms with E-state index in [1.807, 2.05) is 13.8 Å². The fraction of sp³-hybridized carbons (Fsp3) is 0.350. The van der Waals surface area contributed by atoms with Gasteiger partial charge in [-0.2, -0.15) is 21.6 Å². The van der Waals surface area contributed by atoms with Crippen LogP contribution in [-0.4, -0.2) is 44.4 Å². The van der Waals surface area contributed by atoms with Crippen molar-refractivity contribution < 1.29 is 30.6 Å². The normalized spacial score (nSPS) is 12.0. The molecule has 2 rings (SSSR count). The number of benzene rings is 2. The van der Waals surface area contributed by atoms with Crippen molar-refractivity contribution in [2.24, 2.45) is 0 Å². The number of hydrogen-bond donors (Lipinski definition) is 0. The average Bonchev–Trinajstić information content (AvgIpc) is 2.64. The zero-order valence-corrected chi connectivity index (χ0v) is 17.8. The number of nitrogens with zero attached hydrogens (tertiary/aromatic N) is 2. The van der Waals surface area contributed by atoms with Crippen LogP contribution in [0.3, 0.4) is 0 Å². The van der Waals surface area contributed by atoms with Crippen LogP contribution >= 0.6 is 0 Å². The minimum atomic E-state index is -4.68. The summed E-state index contributed by atoms with van der Waals surface area (Å²) in [6, 6.07) is 9.06. The molecule has 164 valence electrons. The van der Waals surface area contributed by atoms with Crippen molar-refractivity contribution in [3.63, 3.8) is 0 Å². The molecule has 0 spiro atoms. The molecule has 0 N–H and O–H groups in total. The zero-order valence-electron chi connectivity index (χ0n) is 17.0. The van der Waals surface area contributed by atoms with E-state index >= 15 is 0 Å². The molecule has 0 saturated heterocycles. The highest BCUT2D eigenvalue weighted by molar-refractivity contribution is 7.87. The lowest BCUT2D eigenvalue weighted by Gasteiger charge is -2.29. The van der Waals surface area contributed by atoms with Gasteiger partial charge in [-0.3, -0.25) is 0 Å². The molecule has 0 saturated carbocycles. The summed E-state index contributed by atoms with van der Waals surface area (Å²) in [6.07, 6.45) is -4.68. The van der Waals surface area contributed by atoms with E-state index in [1.165, 1.54) is 17.0 Å². The molecule has 0 unspecified atom stereocenters. The molecule has 0 aromatic heterocycles. The van der Waals surface area contributed by atoms with Crippen molar-refractivity contribution in [3.05, 3.63) is 59.7 Å². The van der Waals surface area contributed by atoms with Gasteiger partial charge in [-0.15, -0.1) is 0 Å². The van der Waals surface area contributed by atoms with Crippen LogP contribution in [0.4, 0.5) is 18.0 Å². The Bertz CT molecular complexity index is 1010. The molecule has 0 radical (unpaired) electrons. The smallest absolute Gasteiger partial charge is 0.379 e. The number of carbonyl (C=O) groups is 1. The van der Waals surface area contributed by atoms with Crippen molar-refractivity contribution in [1.29, 1.82) is 0 Å². The molecule has 0 atom stereocenters. The maximum absolute atomic E-state index is 12.9. The van der Waals surface area contributed by atoms with E-state index in [4.69, 9.17) is 4.18 Å². The Balaban J connectivity index is 2.27. The van der Waals surface area contributed by atoms with Gasteiger partial charge in [-0.1, -0.05) is 18.2 Å². The van der Waals surface area contributed by atoms with Crippen LogP contribution < -0.4 is 4.18 Å². The first-order chi connectivity index (χ1) is 13.8. The van der Waals surface area contributed by atoms with Crippen molar-refractivity contribution >= 4 is 16.1 Å². The number of amides is 2. The van der Waals surface area contributed by atoms with Gasteiger partial charge in [0, 0.05) is 26.7 Å². The largest absolute Gasteiger partial charge is 0.416 e. The summed E-state index contributed by atoms with van der Waals surface area (Å²) in [7, 11) is -1.23. The maximum atomic E-state index is 12.9. The summed E-state index contributed by atoms with van der Waals surface area (Å²) in [4.78, 5) is 14.7. The minimum Gasteiger partial charge on any atom is -0.379 e. The van der Waals surface area contributed by atoms with Crippen LogP contribution in [0.25, 0.3) is 0 Å². The summed E-state index contributed by atoms with van der Waals surface area (Å²) in [5, 5.41) is 0. The van der Waals surface area contributed by atoms with E-state index in [0.29, 0.717) is 11.6 Å². The van der Waals surface area contributed by atoms with Gasteiger partial charge < -0.3 is 14.0 Å². The summed E-state index contributed by atoms with van der Waals surface area (Å²) in [5.74, 6) is -0.0640. The lowest BCUT2D eigenvalue weighted by Crippen LogP contribution is -2.42. The Morgan fingerprint density at radius 2 is 1.70 bits per heavy atom. The van der Waals surface area contributed by atoms with Crippen molar-refractivity contribution in [2.75, 3.05) is 14.1 Å². The summed E-state index contributed by atoms with van der Waals surface area (Å²) in [5.41, 5.74) is -0.480. The molecule has 0 heterocycles. The number of rotatable bonds is 6. The molecule has 2 aromatic carbocycles. The second-order valence-corrected chi connectivity index (χ2v) is 8.66. The third-order valence-electron chi connectivity index (χ3n) is 4.16. The van der Waals surface area contributed by atoms with Crippen LogP contribution in [0.1, 0.15) is 25.0 Å². The fourth-order valence-corrected chi connectivity index (χ4v) is 3.59. The number of hydrogen-bond acceptors (Lipinski definition) is 4. The first-order valence-corrected chi connectivity index (χ1v) is 10.4. The maximum Gasteiger partial charge on any atom is 0.416 e. The van der Waals surface area contributed by atoms with Crippen LogP contribution in [-0.2, 0) is 22.8 Å². The molecular weight excluding hydrogens is 421 g/mol. The molecule has 0 aliphatic rings. The fourth-order valence-electron chi connectivity index (χ4n) is 2.62. The third kappa shape index (κ3) is 5.88. The summed E-state index contributed by atoms with van der Waals surface area (Å²) >= 11 is 0. The van der Waals surface area contributed by atoms with E-state index in [9.17, 15) is 26.4 Å². The molecule has 10 heteroatoms. The van der Waals surface area contributed by atoms with Gasteiger partial charge in [0.1, 0.15) is 10.6 Å². The highest BCUT2D eigenvalue weighted by Crippen LogP contribution is 2.31. The van der Waals surface area contributed by atoms with Crippen molar-refractivity contribution in [1.82, 2.24) is 9.80 Å². The molecule has 2 aromatic rings. The second kappa shape index (κ2) is 8.95. The molecule has 30 heavy (non-hydrogen) atoms. The Morgan fingerprint density at radius 1 is 1.07 bits per heavy atom. The summed E-state index contributed by atoms with van der Waals surface area (Å²) in [6.45, 7) is 3.90. The predicted octanol–water partition coefficient (Wildman–Crippen LogP) is 4.37. The van der Waals surface area contributed by atoms with Crippen LogP contribution in [0.15, 0.2) is 53.4 Å². The average molecular weight is 444 g/mol. The van der Waals surface area contributed by atoms with Gasteiger partial charge in [-0.05, 0) is 49.7 Å². The van der Waals surface area contributed by atoms with Gasteiger partial charge >= 0.3 is 22.3 Å². The topological polar surface area (TPSA) is 66.9 Å². The van der Waals surface area contributed by atoms with Crippen LogP contribution in [0.2, 0.25) is 0 Å². The highest BCUT2D eigenvalue weighted by atomic mass is 32.2. The van der Waals surface area contributed by atoms with E-state index < -0.39 is 26.8 Å². The minimum absolute atomic E-state index is 0.0640. The van der Waals surface area contributed by atoms with Crippen LogP contribution in [0, 0.1) is 0 Å². The van der Waals surface area contributed by atoms with Gasteiger partial charge in [0.2, 0.25) is 0 Å². The molecule has 2 amide bonds. The van der Waals surface area contributed by atoms with Gasteiger partial charge in [0.15, 0.2) is 0 Å². The lowest BCUT2D eigenvalue weighted by atomic mass is 10.2. The Morgan fingerprint density at radius 3 is 2.27 bits per heavy atom. The SMILES string of the molecule is CC(C)N(Cc1cccc(OS(=O)(=O)c2cccc(C(F)(F)F)c2)c1)C(=O)N(C)C. The van der Waals surface area contributed by atoms with Crippen molar-refractivity contribution in [3.8, 4) is 5.75 Å². The Labute approximate surface area is 174 Å². The molecule has 0 bridgehead atoms. The van der Waals surface area contributed by atoms with Crippen molar-refractivity contribution in [2.45, 2.75) is 37.5 Å². The number of halogens is 3. The monoisotopic (exact) mass is 444 g/mol. The Kier molecular flexibility index (Phi) is 7.02. The molecule has 0 aliphatic carbocycles. The first kappa shape index (κ1) is 23.5. The summed E-state index contributed by atoms with van der Waals surface area (Å²) < 4.78 is 68.6. The number of urea groups is 1. The molecule has 6 nitrogen and oxygen atoms in total. The quantitative estimate of drug-likeness (QED) is 0.621. The third-order valence-corrected chi connectivity index (χ3v) is 5.40. The predicted molar refractivity (Wildman–Crippen MR) is 105 cm³/mol.